The Balaban J connectivity index is 1.85. The van der Waals surface area contributed by atoms with Gasteiger partial charge in [-0.05, 0) is 42.8 Å². The fourth-order valence-electron chi connectivity index (χ4n) is 2.27. The number of hydrogen-bond acceptors (Lipinski definition) is 4. The van der Waals surface area contributed by atoms with Gasteiger partial charge in [0.15, 0.2) is 11.7 Å². The van der Waals surface area contributed by atoms with Crippen LogP contribution in [0.2, 0.25) is 0 Å². The zero-order valence-corrected chi connectivity index (χ0v) is 13.6. The molecule has 0 amide bonds. The Morgan fingerprint density at radius 1 is 1.00 bits per heavy atom. The molecule has 3 rings (SSSR count). The Morgan fingerprint density at radius 3 is 2.30 bits per heavy atom. The lowest BCUT2D eigenvalue weighted by atomic mass is 10.2. The van der Waals surface area contributed by atoms with Gasteiger partial charge in [-0.15, -0.1) is 0 Å². The van der Waals surface area contributed by atoms with Crippen molar-refractivity contribution in [2.45, 2.75) is 18.7 Å². The second-order valence-corrected chi connectivity index (χ2v) is 6.84. The first-order valence-corrected chi connectivity index (χ1v) is 8.55. The van der Waals surface area contributed by atoms with Crippen molar-refractivity contribution in [2.75, 3.05) is 4.72 Å². The van der Waals surface area contributed by atoms with E-state index in [1.807, 2.05) is 6.07 Å². The molecule has 3 aromatic rings. The molecule has 0 fully saturated rings. The number of aromatic nitrogens is 1. The topological polar surface area (TPSA) is 72.2 Å². The third-order valence-electron chi connectivity index (χ3n) is 3.43. The zero-order chi connectivity index (χ0) is 16.4. The molecular weight excluding hydrogens is 312 g/mol. The van der Waals surface area contributed by atoms with Gasteiger partial charge < -0.3 is 4.42 Å². The van der Waals surface area contributed by atoms with E-state index in [2.05, 4.69) is 9.71 Å². The summed E-state index contributed by atoms with van der Waals surface area (Å²) < 4.78 is 32.9. The van der Waals surface area contributed by atoms with E-state index in [0.717, 1.165) is 5.56 Å². The van der Waals surface area contributed by atoms with E-state index >= 15 is 0 Å². The molecule has 0 bridgehead atoms. The molecule has 0 aliphatic heterocycles. The van der Waals surface area contributed by atoms with Crippen LogP contribution in [-0.4, -0.2) is 13.4 Å². The second kappa shape index (κ2) is 5.89. The van der Waals surface area contributed by atoms with Crippen LogP contribution in [-0.2, 0) is 10.0 Å². The van der Waals surface area contributed by atoms with Gasteiger partial charge in [0.05, 0.1) is 11.1 Å². The second-order valence-electron chi connectivity index (χ2n) is 5.19. The number of oxazole rings is 1. The van der Waals surface area contributed by atoms with Gasteiger partial charge in [0.25, 0.3) is 10.0 Å². The van der Waals surface area contributed by atoms with Crippen LogP contribution in [0.15, 0.2) is 64.0 Å². The minimum atomic E-state index is -3.60. The first-order chi connectivity index (χ1) is 11.0. The molecule has 0 aliphatic rings. The minimum absolute atomic E-state index is 0.273. The highest BCUT2D eigenvalue weighted by Crippen LogP contribution is 2.24. The van der Waals surface area contributed by atoms with Crippen molar-refractivity contribution >= 4 is 15.7 Å². The van der Waals surface area contributed by atoms with Crippen molar-refractivity contribution < 1.29 is 12.8 Å². The molecule has 23 heavy (non-hydrogen) atoms. The third kappa shape index (κ3) is 3.27. The minimum Gasteiger partial charge on any atom is -0.441 e. The summed E-state index contributed by atoms with van der Waals surface area (Å²) in [5, 5.41) is 0. The largest absolute Gasteiger partial charge is 0.441 e. The number of sulfonamides is 1. The van der Waals surface area contributed by atoms with E-state index in [1.54, 1.807) is 62.5 Å². The Kier molecular flexibility index (Phi) is 3.92. The standard InChI is InChI=1S/C17H16N2O3S/c1-12-5-3-4-6-17(12)23(20,21)19-15-9-7-14(8-10-15)16-11-18-13(2)22-16/h3-11,19H,1-2H3. The van der Waals surface area contributed by atoms with Crippen LogP contribution >= 0.6 is 0 Å². The summed E-state index contributed by atoms with van der Waals surface area (Å²) >= 11 is 0. The van der Waals surface area contributed by atoms with Crippen molar-refractivity contribution in [3.8, 4) is 11.3 Å². The van der Waals surface area contributed by atoms with Crippen LogP contribution in [0.5, 0.6) is 0 Å². The van der Waals surface area contributed by atoms with Crippen LogP contribution in [0.3, 0.4) is 0 Å². The van der Waals surface area contributed by atoms with E-state index in [0.29, 0.717) is 22.9 Å². The normalized spacial score (nSPS) is 11.4. The molecule has 0 aliphatic carbocycles. The molecule has 0 saturated heterocycles. The van der Waals surface area contributed by atoms with Crippen molar-refractivity contribution in [3.05, 3.63) is 66.2 Å². The van der Waals surface area contributed by atoms with E-state index in [9.17, 15) is 8.42 Å². The van der Waals surface area contributed by atoms with Gasteiger partial charge in [-0.2, -0.15) is 0 Å². The maximum Gasteiger partial charge on any atom is 0.262 e. The molecule has 0 saturated carbocycles. The molecule has 0 radical (unpaired) electrons. The number of benzene rings is 2. The van der Waals surface area contributed by atoms with Crippen LogP contribution in [0.4, 0.5) is 5.69 Å². The van der Waals surface area contributed by atoms with Gasteiger partial charge in [0.2, 0.25) is 0 Å². The molecule has 1 aromatic heterocycles. The smallest absolute Gasteiger partial charge is 0.262 e. The highest BCUT2D eigenvalue weighted by molar-refractivity contribution is 7.92. The number of aryl methyl sites for hydroxylation is 2. The fourth-order valence-corrected chi connectivity index (χ4v) is 3.57. The van der Waals surface area contributed by atoms with E-state index in [-0.39, 0.29) is 4.90 Å². The van der Waals surface area contributed by atoms with Gasteiger partial charge in [0.1, 0.15) is 0 Å². The maximum atomic E-state index is 12.4. The number of nitrogens with one attached hydrogen (secondary N) is 1. The molecule has 118 valence electrons. The van der Waals surface area contributed by atoms with E-state index in [4.69, 9.17) is 4.42 Å². The van der Waals surface area contributed by atoms with Gasteiger partial charge in [0, 0.05) is 18.2 Å². The molecule has 6 heteroatoms. The average molecular weight is 328 g/mol. The number of anilines is 1. The average Bonchev–Trinajstić information content (AvgIpc) is 2.94. The molecular formula is C17H16N2O3S. The highest BCUT2D eigenvalue weighted by atomic mass is 32.2. The summed E-state index contributed by atoms with van der Waals surface area (Å²) in [5.74, 6) is 1.24. The van der Waals surface area contributed by atoms with Crippen molar-refractivity contribution in [1.82, 2.24) is 4.98 Å². The quantitative estimate of drug-likeness (QED) is 0.791. The zero-order valence-electron chi connectivity index (χ0n) is 12.8. The molecule has 0 atom stereocenters. The van der Waals surface area contributed by atoms with Crippen LogP contribution in [0.25, 0.3) is 11.3 Å². The van der Waals surface area contributed by atoms with Gasteiger partial charge in [-0.25, -0.2) is 13.4 Å². The van der Waals surface area contributed by atoms with Crippen molar-refractivity contribution in [3.63, 3.8) is 0 Å². The molecule has 1 N–H and O–H groups in total. The van der Waals surface area contributed by atoms with Crippen molar-refractivity contribution in [1.29, 1.82) is 0 Å². The molecule has 2 aromatic carbocycles. The lowest BCUT2D eigenvalue weighted by molar-refractivity contribution is 0.534. The van der Waals surface area contributed by atoms with Crippen molar-refractivity contribution in [2.24, 2.45) is 0 Å². The van der Waals surface area contributed by atoms with Crippen LogP contribution in [0.1, 0.15) is 11.5 Å². The summed E-state index contributed by atoms with van der Waals surface area (Å²) in [7, 11) is -3.60. The van der Waals surface area contributed by atoms with Gasteiger partial charge in [-0.3, -0.25) is 4.72 Å². The molecule has 1 heterocycles. The van der Waals surface area contributed by atoms with Crippen LogP contribution < -0.4 is 4.72 Å². The summed E-state index contributed by atoms with van der Waals surface area (Å²) in [4.78, 5) is 4.32. The summed E-state index contributed by atoms with van der Waals surface area (Å²) in [6.45, 7) is 3.54. The Hall–Kier alpha value is -2.60. The van der Waals surface area contributed by atoms with Gasteiger partial charge in [-0.1, -0.05) is 18.2 Å². The summed E-state index contributed by atoms with van der Waals surface area (Å²) in [5.41, 5.74) is 2.03. The number of hydrogen-bond donors (Lipinski definition) is 1. The predicted octanol–water partition coefficient (Wildman–Crippen LogP) is 3.76. The lowest BCUT2D eigenvalue weighted by Gasteiger charge is -2.10. The first-order valence-electron chi connectivity index (χ1n) is 7.07. The molecule has 0 spiro atoms. The first kappa shape index (κ1) is 15.3. The van der Waals surface area contributed by atoms with E-state index < -0.39 is 10.0 Å². The highest BCUT2D eigenvalue weighted by Gasteiger charge is 2.16. The van der Waals surface area contributed by atoms with Crippen LogP contribution in [0, 0.1) is 13.8 Å². The third-order valence-corrected chi connectivity index (χ3v) is 4.97. The molecule has 0 unspecified atom stereocenters. The maximum absolute atomic E-state index is 12.4. The number of nitrogens with zero attached hydrogens (tertiary/aromatic N) is 1. The summed E-state index contributed by atoms with van der Waals surface area (Å²) in [6, 6.07) is 13.8. The van der Waals surface area contributed by atoms with Gasteiger partial charge >= 0.3 is 0 Å². The summed E-state index contributed by atoms with van der Waals surface area (Å²) in [6.07, 6.45) is 1.64. The predicted molar refractivity (Wildman–Crippen MR) is 88.7 cm³/mol. The Labute approximate surface area is 135 Å². The SMILES string of the molecule is Cc1ncc(-c2ccc(NS(=O)(=O)c3ccccc3C)cc2)o1. The Bertz CT molecular complexity index is 928. The molecule has 5 nitrogen and oxygen atoms in total. The lowest BCUT2D eigenvalue weighted by Crippen LogP contribution is -2.14. The monoisotopic (exact) mass is 328 g/mol. The Morgan fingerprint density at radius 2 is 1.70 bits per heavy atom. The van der Waals surface area contributed by atoms with E-state index in [1.165, 1.54) is 0 Å². The number of rotatable bonds is 4. The fraction of sp³-hybridized carbons (Fsp3) is 0.118.